The number of para-hydroxylation sites is 1. The molecule has 3 N–H and O–H groups in total. The van der Waals surface area contributed by atoms with E-state index in [0.717, 1.165) is 12.8 Å². The number of hydrogen-bond acceptors (Lipinski definition) is 8. The van der Waals surface area contributed by atoms with Crippen LogP contribution in [0.3, 0.4) is 0 Å². The van der Waals surface area contributed by atoms with Gasteiger partial charge in [0.05, 0.1) is 17.6 Å². The number of nitrogen functional groups attached to an aromatic ring is 1. The number of H-pyrrole nitrogens is 1. The summed E-state index contributed by atoms with van der Waals surface area (Å²) in [5.74, 6) is 0.402. The van der Waals surface area contributed by atoms with E-state index in [4.69, 9.17) is 14.9 Å². The summed E-state index contributed by atoms with van der Waals surface area (Å²) in [6.07, 6.45) is 4.50. The smallest absolute Gasteiger partial charge is 0.242 e. The maximum absolute atomic E-state index is 13.2. The summed E-state index contributed by atoms with van der Waals surface area (Å²) < 4.78 is 11.6. The Morgan fingerprint density at radius 3 is 2.66 bits per heavy atom. The molecule has 0 unspecified atom stereocenters. The Kier molecular flexibility index (Phi) is 6.25. The van der Waals surface area contributed by atoms with Crippen LogP contribution in [0, 0.1) is 0 Å². The number of aromatic amines is 1. The minimum Gasteiger partial charge on any atom is -0.494 e. The van der Waals surface area contributed by atoms with Crippen LogP contribution in [0.5, 0.6) is 5.75 Å². The molecule has 9 nitrogen and oxygen atoms in total. The van der Waals surface area contributed by atoms with Gasteiger partial charge in [0.25, 0.3) is 0 Å². The molecule has 4 rings (SSSR count). The summed E-state index contributed by atoms with van der Waals surface area (Å²) in [6.45, 7) is 2.81. The number of fused-ring (bicyclic) bond motifs is 1. The fourth-order valence-electron chi connectivity index (χ4n) is 3.41. The zero-order valence-corrected chi connectivity index (χ0v) is 17.6. The Bertz CT molecular complexity index is 1280. The van der Waals surface area contributed by atoms with Crippen molar-refractivity contribution < 1.29 is 13.9 Å². The van der Waals surface area contributed by atoms with Gasteiger partial charge in [-0.05, 0) is 48.0 Å². The van der Waals surface area contributed by atoms with Crippen LogP contribution >= 0.6 is 0 Å². The van der Waals surface area contributed by atoms with E-state index in [-0.39, 0.29) is 39.6 Å². The van der Waals surface area contributed by atoms with Gasteiger partial charge in [0, 0.05) is 5.56 Å². The van der Waals surface area contributed by atoms with Crippen molar-refractivity contribution in [2.45, 2.75) is 32.6 Å². The van der Waals surface area contributed by atoms with Gasteiger partial charge in [-0.2, -0.15) is 5.21 Å². The van der Waals surface area contributed by atoms with E-state index in [2.05, 4.69) is 27.5 Å². The highest BCUT2D eigenvalue weighted by atomic mass is 16.5. The second kappa shape index (κ2) is 9.42. The number of aromatic nitrogens is 4. The number of tetrazole rings is 1. The average Bonchev–Trinajstić information content (AvgIpc) is 3.35. The van der Waals surface area contributed by atoms with Gasteiger partial charge in [-0.1, -0.05) is 32.3 Å². The molecule has 2 aromatic carbocycles. The summed E-state index contributed by atoms with van der Waals surface area (Å²) in [7, 11) is 0. The fourth-order valence-corrected chi connectivity index (χ4v) is 3.41. The van der Waals surface area contributed by atoms with Gasteiger partial charge in [-0.15, -0.1) is 10.2 Å². The zero-order chi connectivity index (χ0) is 22.5. The molecule has 32 heavy (non-hydrogen) atoms. The SMILES string of the molecule is CCCCCCOc1ccc(C(=O)c2cccc3c(=O)c(N)c(-c4nn[nH]n4)oc23)cc1. The second-order valence-electron chi connectivity index (χ2n) is 7.35. The van der Waals surface area contributed by atoms with Crippen molar-refractivity contribution in [1.82, 2.24) is 20.6 Å². The molecule has 0 aliphatic heterocycles. The Hall–Kier alpha value is -4.01. The molecule has 0 amide bonds. The Labute approximate surface area is 183 Å². The van der Waals surface area contributed by atoms with Crippen LogP contribution in [-0.4, -0.2) is 33.0 Å². The van der Waals surface area contributed by atoms with E-state index < -0.39 is 5.43 Å². The van der Waals surface area contributed by atoms with E-state index in [1.54, 1.807) is 42.5 Å². The zero-order valence-electron chi connectivity index (χ0n) is 17.6. The lowest BCUT2D eigenvalue weighted by Crippen LogP contribution is -2.12. The monoisotopic (exact) mass is 433 g/mol. The second-order valence-corrected chi connectivity index (χ2v) is 7.35. The lowest BCUT2D eigenvalue weighted by molar-refractivity contribution is 0.103. The molecule has 0 fully saturated rings. The van der Waals surface area contributed by atoms with Gasteiger partial charge < -0.3 is 14.9 Å². The average molecular weight is 433 g/mol. The number of nitrogens with two attached hydrogens (primary N) is 1. The maximum atomic E-state index is 13.2. The van der Waals surface area contributed by atoms with E-state index in [0.29, 0.717) is 17.9 Å². The number of rotatable bonds is 9. The Morgan fingerprint density at radius 2 is 1.94 bits per heavy atom. The van der Waals surface area contributed by atoms with Crippen molar-refractivity contribution in [3.8, 4) is 17.3 Å². The third kappa shape index (κ3) is 4.22. The van der Waals surface area contributed by atoms with Crippen LogP contribution in [-0.2, 0) is 0 Å². The number of nitrogens with one attached hydrogen (secondary N) is 1. The standard InChI is InChI=1S/C23H23N5O4/c1-2-3-4-5-13-31-15-11-9-14(10-12-15)19(29)16-7-6-8-17-20(30)18(24)22(32-21(16)17)23-25-27-28-26-23/h6-12H,2-5,13,24H2,1H3,(H,25,26,27,28). The molecule has 0 bridgehead atoms. The topological polar surface area (TPSA) is 137 Å². The minimum atomic E-state index is -0.465. The van der Waals surface area contributed by atoms with Gasteiger partial charge in [-0.25, -0.2) is 0 Å². The van der Waals surface area contributed by atoms with E-state index in [1.165, 1.54) is 12.8 Å². The van der Waals surface area contributed by atoms with E-state index >= 15 is 0 Å². The first-order chi connectivity index (χ1) is 15.6. The molecule has 164 valence electrons. The minimum absolute atomic E-state index is 0.0317. The summed E-state index contributed by atoms with van der Waals surface area (Å²) in [5, 5.41) is 13.6. The molecule has 0 aliphatic rings. The maximum Gasteiger partial charge on any atom is 0.242 e. The molecule has 0 spiro atoms. The number of hydrogen-bond donors (Lipinski definition) is 2. The number of nitrogens with zero attached hydrogens (tertiary/aromatic N) is 3. The lowest BCUT2D eigenvalue weighted by atomic mass is 10.0. The van der Waals surface area contributed by atoms with Crippen molar-refractivity contribution in [2.75, 3.05) is 12.3 Å². The molecule has 9 heteroatoms. The third-order valence-electron chi connectivity index (χ3n) is 5.13. The van der Waals surface area contributed by atoms with Crippen LogP contribution in [0.25, 0.3) is 22.6 Å². The predicted octanol–water partition coefficient (Wildman–Crippen LogP) is 3.75. The summed E-state index contributed by atoms with van der Waals surface area (Å²) >= 11 is 0. The number of ketones is 1. The first kappa shape index (κ1) is 21.2. The molecule has 0 saturated carbocycles. The van der Waals surface area contributed by atoms with Crippen LogP contribution in [0.4, 0.5) is 5.69 Å². The highest BCUT2D eigenvalue weighted by Crippen LogP contribution is 2.28. The molecule has 4 aromatic rings. The van der Waals surface area contributed by atoms with E-state index in [1.807, 2.05) is 0 Å². The molecule has 0 radical (unpaired) electrons. The number of ether oxygens (including phenoxy) is 1. The first-order valence-corrected chi connectivity index (χ1v) is 10.5. The van der Waals surface area contributed by atoms with Crippen LogP contribution in [0.2, 0.25) is 0 Å². The molecule has 0 aliphatic carbocycles. The van der Waals surface area contributed by atoms with Gasteiger partial charge in [-0.3, -0.25) is 9.59 Å². The number of anilines is 1. The first-order valence-electron chi connectivity index (χ1n) is 10.5. The van der Waals surface area contributed by atoms with Crippen molar-refractivity contribution >= 4 is 22.4 Å². The molecular formula is C23H23N5O4. The largest absolute Gasteiger partial charge is 0.494 e. The van der Waals surface area contributed by atoms with Crippen LogP contribution in [0.1, 0.15) is 48.5 Å². The van der Waals surface area contributed by atoms with Crippen molar-refractivity contribution in [3.05, 3.63) is 63.8 Å². The number of unbranched alkanes of at least 4 members (excludes halogenated alkanes) is 3. The normalized spacial score (nSPS) is 11.0. The van der Waals surface area contributed by atoms with Crippen molar-refractivity contribution in [3.63, 3.8) is 0 Å². The quantitative estimate of drug-likeness (QED) is 0.301. The summed E-state index contributed by atoms with van der Waals surface area (Å²) in [6, 6.07) is 11.7. The van der Waals surface area contributed by atoms with Gasteiger partial charge in [0.2, 0.25) is 17.0 Å². The highest BCUT2D eigenvalue weighted by Gasteiger charge is 2.21. The lowest BCUT2D eigenvalue weighted by Gasteiger charge is -2.09. The number of benzene rings is 2. The fraction of sp³-hybridized carbons (Fsp3) is 0.261. The number of carbonyl (C=O) groups excluding carboxylic acids is 1. The highest BCUT2D eigenvalue weighted by molar-refractivity contribution is 6.15. The molecule has 2 aromatic heterocycles. The molecule has 0 saturated heterocycles. The van der Waals surface area contributed by atoms with Crippen molar-refractivity contribution in [2.24, 2.45) is 0 Å². The van der Waals surface area contributed by atoms with Gasteiger partial charge >= 0.3 is 0 Å². The van der Waals surface area contributed by atoms with Crippen LogP contribution < -0.4 is 15.9 Å². The summed E-state index contributed by atoms with van der Waals surface area (Å²) in [4.78, 5) is 26.0. The molecular weight excluding hydrogens is 410 g/mol. The van der Waals surface area contributed by atoms with E-state index in [9.17, 15) is 9.59 Å². The van der Waals surface area contributed by atoms with Gasteiger partial charge in [0.15, 0.2) is 5.78 Å². The molecule has 0 atom stereocenters. The predicted molar refractivity (Wildman–Crippen MR) is 120 cm³/mol. The van der Waals surface area contributed by atoms with Crippen molar-refractivity contribution in [1.29, 1.82) is 0 Å². The van der Waals surface area contributed by atoms with Gasteiger partial charge in [0.1, 0.15) is 17.0 Å². The third-order valence-corrected chi connectivity index (χ3v) is 5.13. The Morgan fingerprint density at radius 1 is 1.12 bits per heavy atom. The van der Waals surface area contributed by atoms with Crippen LogP contribution in [0.15, 0.2) is 51.7 Å². The number of carbonyl (C=O) groups is 1. The summed E-state index contributed by atoms with van der Waals surface area (Å²) in [5.41, 5.74) is 6.11. The molecule has 2 heterocycles. The Balaban J connectivity index is 1.63.